The number of amides is 1. The first kappa shape index (κ1) is 17.7. The molecule has 0 fully saturated rings. The first-order valence-electron chi connectivity index (χ1n) is 8.15. The number of nitrogens with zero attached hydrogens (tertiary/aromatic N) is 1. The molecule has 0 aliphatic heterocycles. The van der Waals surface area contributed by atoms with Gasteiger partial charge in [0.15, 0.2) is 0 Å². The number of aryl methyl sites for hydroxylation is 3. The van der Waals surface area contributed by atoms with E-state index in [4.69, 9.17) is 4.74 Å². The van der Waals surface area contributed by atoms with Gasteiger partial charge in [-0.15, -0.1) is 0 Å². The van der Waals surface area contributed by atoms with Gasteiger partial charge in [0.25, 0.3) is 5.91 Å². The number of nitrogens with one attached hydrogen (secondary N) is 1. The largest absolute Gasteiger partial charge is 0.494 e. The molecule has 0 spiro atoms. The van der Waals surface area contributed by atoms with Crippen LogP contribution >= 0.6 is 0 Å². The molecule has 2 rings (SSSR count). The Hall–Kier alpha value is -2.62. The topological polar surface area (TPSA) is 50.7 Å². The summed E-state index contributed by atoms with van der Waals surface area (Å²) in [6.07, 6.45) is 2.65. The molecule has 4 nitrogen and oxygen atoms in total. The summed E-state index contributed by atoms with van der Waals surface area (Å²) in [6.45, 7) is 8.87. The van der Waals surface area contributed by atoms with E-state index >= 15 is 0 Å². The quantitative estimate of drug-likeness (QED) is 0.640. The van der Waals surface area contributed by atoms with Crippen molar-refractivity contribution in [2.24, 2.45) is 5.10 Å². The fourth-order valence-electron chi connectivity index (χ4n) is 2.54. The lowest BCUT2D eigenvalue weighted by Crippen LogP contribution is -2.17. The van der Waals surface area contributed by atoms with Gasteiger partial charge < -0.3 is 4.74 Å². The zero-order valence-corrected chi connectivity index (χ0v) is 14.7. The van der Waals surface area contributed by atoms with Crippen LogP contribution in [0, 0.1) is 20.8 Å². The summed E-state index contributed by atoms with van der Waals surface area (Å²) in [7, 11) is 0. The molecule has 0 bridgehead atoms. The van der Waals surface area contributed by atoms with Crippen LogP contribution < -0.4 is 10.2 Å². The van der Waals surface area contributed by atoms with Crippen molar-refractivity contribution in [1.82, 2.24) is 5.43 Å². The smallest absolute Gasteiger partial charge is 0.271 e. The molecule has 4 heteroatoms. The predicted molar refractivity (Wildman–Crippen MR) is 97.9 cm³/mol. The van der Waals surface area contributed by atoms with Gasteiger partial charge in [-0.2, -0.15) is 5.10 Å². The fraction of sp³-hybridized carbons (Fsp3) is 0.300. The van der Waals surface area contributed by atoms with Gasteiger partial charge in [-0.05, 0) is 62.6 Å². The maximum absolute atomic E-state index is 12.1. The normalized spacial score (nSPS) is 10.8. The summed E-state index contributed by atoms with van der Waals surface area (Å²) in [5.74, 6) is 0.526. The summed E-state index contributed by atoms with van der Waals surface area (Å²) < 4.78 is 5.50. The monoisotopic (exact) mass is 324 g/mol. The Labute approximate surface area is 143 Å². The van der Waals surface area contributed by atoms with Crippen LogP contribution in [-0.4, -0.2) is 18.7 Å². The number of benzene rings is 2. The second kappa shape index (κ2) is 8.29. The highest BCUT2D eigenvalue weighted by molar-refractivity contribution is 5.95. The fourth-order valence-corrected chi connectivity index (χ4v) is 2.54. The third-order valence-electron chi connectivity index (χ3n) is 3.69. The number of rotatable bonds is 6. The first-order valence-corrected chi connectivity index (χ1v) is 8.15. The molecular weight excluding hydrogens is 300 g/mol. The highest BCUT2D eigenvalue weighted by Crippen LogP contribution is 2.14. The molecule has 0 aliphatic carbocycles. The van der Waals surface area contributed by atoms with Crippen molar-refractivity contribution in [3.63, 3.8) is 0 Å². The summed E-state index contributed by atoms with van der Waals surface area (Å²) in [5.41, 5.74) is 7.65. The predicted octanol–water partition coefficient (Wildman–Crippen LogP) is 4.16. The van der Waals surface area contributed by atoms with Gasteiger partial charge in [0, 0.05) is 11.1 Å². The molecule has 0 unspecified atom stereocenters. The Kier molecular flexibility index (Phi) is 6.13. The van der Waals surface area contributed by atoms with Gasteiger partial charge in [-0.3, -0.25) is 4.79 Å². The van der Waals surface area contributed by atoms with Gasteiger partial charge in [0.1, 0.15) is 5.75 Å². The molecule has 0 radical (unpaired) electrons. The Bertz CT molecular complexity index is 711. The molecule has 0 saturated heterocycles. The van der Waals surface area contributed by atoms with E-state index in [1.54, 1.807) is 30.5 Å². The van der Waals surface area contributed by atoms with Gasteiger partial charge in [0.05, 0.1) is 12.8 Å². The summed E-state index contributed by atoms with van der Waals surface area (Å²) in [5, 5.41) is 4.09. The van der Waals surface area contributed by atoms with E-state index in [1.165, 1.54) is 5.56 Å². The summed E-state index contributed by atoms with van der Waals surface area (Å²) in [4.78, 5) is 12.1. The Balaban J connectivity index is 2.00. The van der Waals surface area contributed by atoms with Crippen molar-refractivity contribution in [1.29, 1.82) is 0 Å². The highest BCUT2D eigenvalue weighted by atomic mass is 16.5. The third-order valence-corrected chi connectivity index (χ3v) is 3.69. The molecule has 0 heterocycles. The highest BCUT2D eigenvalue weighted by Gasteiger charge is 2.05. The minimum absolute atomic E-state index is 0.240. The van der Waals surface area contributed by atoms with E-state index in [0.29, 0.717) is 12.2 Å². The van der Waals surface area contributed by atoms with Crippen LogP contribution in [0.25, 0.3) is 0 Å². The molecule has 0 aromatic heterocycles. The molecule has 126 valence electrons. The van der Waals surface area contributed by atoms with E-state index in [-0.39, 0.29) is 5.91 Å². The minimum atomic E-state index is -0.240. The Morgan fingerprint density at radius 1 is 1.12 bits per heavy atom. The molecule has 0 aliphatic rings. The second-order valence-corrected chi connectivity index (χ2v) is 5.88. The zero-order chi connectivity index (χ0) is 17.5. The molecule has 0 saturated carbocycles. The lowest BCUT2D eigenvalue weighted by atomic mass is 10.0. The molecule has 1 N–H and O–H groups in total. The van der Waals surface area contributed by atoms with Gasteiger partial charge in [-0.25, -0.2) is 5.43 Å². The molecule has 0 atom stereocenters. The molecule has 24 heavy (non-hydrogen) atoms. The number of carbonyl (C=O) groups is 1. The van der Waals surface area contributed by atoms with E-state index in [0.717, 1.165) is 28.9 Å². The maximum atomic E-state index is 12.1. The maximum Gasteiger partial charge on any atom is 0.271 e. The Morgan fingerprint density at radius 3 is 2.33 bits per heavy atom. The van der Waals surface area contributed by atoms with Crippen molar-refractivity contribution < 1.29 is 9.53 Å². The van der Waals surface area contributed by atoms with Crippen LogP contribution in [0.1, 0.15) is 46.0 Å². The van der Waals surface area contributed by atoms with Crippen LogP contribution in [-0.2, 0) is 0 Å². The van der Waals surface area contributed by atoms with Crippen LogP contribution in [0.15, 0.2) is 41.5 Å². The number of hydrogen-bond donors (Lipinski definition) is 1. The molecule has 2 aromatic rings. The Morgan fingerprint density at radius 2 is 1.75 bits per heavy atom. The SMILES string of the molecule is CCCOc1ccc(C(=O)N/N=C/c2c(C)cc(C)cc2C)cc1. The zero-order valence-electron chi connectivity index (χ0n) is 14.7. The van der Waals surface area contributed by atoms with Crippen molar-refractivity contribution >= 4 is 12.1 Å². The lowest BCUT2D eigenvalue weighted by Gasteiger charge is -2.07. The van der Waals surface area contributed by atoms with Gasteiger partial charge in [-0.1, -0.05) is 24.6 Å². The first-order chi connectivity index (χ1) is 11.5. The molecule has 1 amide bonds. The van der Waals surface area contributed by atoms with E-state index in [1.807, 2.05) is 13.8 Å². The van der Waals surface area contributed by atoms with Gasteiger partial charge >= 0.3 is 0 Å². The number of carbonyl (C=O) groups excluding carboxylic acids is 1. The third kappa shape index (κ3) is 4.69. The van der Waals surface area contributed by atoms with Crippen molar-refractivity contribution in [2.75, 3.05) is 6.61 Å². The number of ether oxygens (including phenoxy) is 1. The standard InChI is InChI=1S/C20H24N2O2/c1-5-10-24-18-8-6-17(7-9-18)20(23)22-21-13-19-15(3)11-14(2)12-16(19)4/h6-9,11-13H,5,10H2,1-4H3,(H,22,23)/b21-13+. The van der Waals surface area contributed by atoms with Gasteiger partial charge in [0.2, 0.25) is 0 Å². The second-order valence-electron chi connectivity index (χ2n) is 5.88. The van der Waals surface area contributed by atoms with Crippen LogP contribution in [0.2, 0.25) is 0 Å². The molecular formula is C20H24N2O2. The van der Waals surface area contributed by atoms with E-state index in [9.17, 15) is 4.79 Å². The summed E-state index contributed by atoms with van der Waals surface area (Å²) in [6, 6.07) is 11.3. The lowest BCUT2D eigenvalue weighted by molar-refractivity contribution is 0.0955. The van der Waals surface area contributed by atoms with Crippen molar-refractivity contribution in [3.8, 4) is 5.75 Å². The average molecular weight is 324 g/mol. The van der Waals surface area contributed by atoms with Crippen molar-refractivity contribution in [2.45, 2.75) is 34.1 Å². The minimum Gasteiger partial charge on any atom is -0.494 e. The van der Waals surface area contributed by atoms with Crippen LogP contribution in [0.3, 0.4) is 0 Å². The van der Waals surface area contributed by atoms with Crippen LogP contribution in [0.4, 0.5) is 0 Å². The average Bonchev–Trinajstić information content (AvgIpc) is 2.55. The van der Waals surface area contributed by atoms with Crippen LogP contribution in [0.5, 0.6) is 5.75 Å². The van der Waals surface area contributed by atoms with Crippen molar-refractivity contribution in [3.05, 3.63) is 64.2 Å². The number of hydrazone groups is 1. The van der Waals surface area contributed by atoms with E-state index < -0.39 is 0 Å². The molecule has 2 aromatic carbocycles. The van der Waals surface area contributed by atoms with E-state index in [2.05, 4.69) is 36.5 Å². The number of hydrogen-bond acceptors (Lipinski definition) is 3. The summed E-state index contributed by atoms with van der Waals surface area (Å²) >= 11 is 0.